The monoisotopic (exact) mass is 237 g/mol. The third-order valence-electron chi connectivity index (χ3n) is 1.19. The SMILES string of the molecule is CC(=O)N[C@@H](CS)C(=O)OC(=O)CS. The fourth-order valence-corrected chi connectivity index (χ4v) is 0.945. The van der Waals surface area contributed by atoms with Crippen LogP contribution < -0.4 is 5.32 Å². The normalized spacial score (nSPS) is 11.6. The van der Waals surface area contributed by atoms with Crippen LogP contribution in [0.1, 0.15) is 6.92 Å². The summed E-state index contributed by atoms with van der Waals surface area (Å²) in [6.45, 7) is 1.25. The van der Waals surface area contributed by atoms with Crippen LogP contribution in [0.15, 0.2) is 0 Å². The molecule has 0 aliphatic heterocycles. The highest BCUT2D eigenvalue weighted by molar-refractivity contribution is 7.81. The number of thiol groups is 2. The van der Waals surface area contributed by atoms with Crippen molar-refractivity contribution < 1.29 is 19.1 Å². The molecular weight excluding hydrogens is 226 g/mol. The molecular formula is C7H11NO4S2. The zero-order valence-electron chi connectivity index (χ0n) is 7.52. The molecule has 0 bridgehead atoms. The molecule has 80 valence electrons. The summed E-state index contributed by atoms with van der Waals surface area (Å²) in [5, 5.41) is 2.29. The van der Waals surface area contributed by atoms with E-state index in [0.717, 1.165) is 0 Å². The van der Waals surface area contributed by atoms with Gasteiger partial charge in [-0.2, -0.15) is 25.3 Å². The summed E-state index contributed by atoms with van der Waals surface area (Å²) in [6.07, 6.45) is 0. The Balaban J connectivity index is 4.17. The number of rotatable bonds is 4. The van der Waals surface area contributed by atoms with Gasteiger partial charge in [-0.1, -0.05) is 0 Å². The number of carbonyl (C=O) groups is 3. The first-order valence-corrected chi connectivity index (χ1v) is 5.01. The van der Waals surface area contributed by atoms with Gasteiger partial charge in [-0.05, 0) is 0 Å². The van der Waals surface area contributed by atoms with Crippen molar-refractivity contribution >= 4 is 43.1 Å². The predicted molar refractivity (Wildman–Crippen MR) is 56.4 cm³/mol. The van der Waals surface area contributed by atoms with Crippen molar-refractivity contribution in [3.8, 4) is 0 Å². The van der Waals surface area contributed by atoms with Crippen molar-refractivity contribution in [2.24, 2.45) is 0 Å². The Bertz CT molecular complexity index is 244. The van der Waals surface area contributed by atoms with E-state index in [-0.39, 0.29) is 17.4 Å². The van der Waals surface area contributed by atoms with E-state index in [2.05, 4.69) is 35.3 Å². The molecule has 0 unspecified atom stereocenters. The van der Waals surface area contributed by atoms with Crippen LogP contribution in [0.5, 0.6) is 0 Å². The summed E-state index contributed by atoms with van der Waals surface area (Å²) in [5.74, 6) is -2.09. The second-order valence-electron chi connectivity index (χ2n) is 2.39. The molecule has 0 fully saturated rings. The first-order chi connectivity index (χ1) is 6.51. The van der Waals surface area contributed by atoms with Crippen LogP contribution in [-0.2, 0) is 19.1 Å². The number of amides is 1. The molecule has 0 aliphatic carbocycles. The van der Waals surface area contributed by atoms with Gasteiger partial charge in [0, 0.05) is 12.7 Å². The van der Waals surface area contributed by atoms with Crippen molar-refractivity contribution in [2.45, 2.75) is 13.0 Å². The Hall–Kier alpha value is -0.690. The minimum atomic E-state index is -0.903. The van der Waals surface area contributed by atoms with Crippen LogP contribution in [0, 0.1) is 0 Å². The van der Waals surface area contributed by atoms with Gasteiger partial charge in [-0.15, -0.1) is 0 Å². The molecule has 0 spiro atoms. The highest BCUT2D eigenvalue weighted by atomic mass is 32.1. The van der Waals surface area contributed by atoms with Crippen molar-refractivity contribution in [3.05, 3.63) is 0 Å². The van der Waals surface area contributed by atoms with Crippen LogP contribution in [-0.4, -0.2) is 35.4 Å². The summed E-state index contributed by atoms with van der Waals surface area (Å²) in [6, 6.07) is -0.903. The quantitative estimate of drug-likeness (QED) is 0.347. The standard InChI is InChI=1S/C7H11NO4S2/c1-4(9)8-5(2-13)7(11)12-6(10)3-14/h5,13-14H,2-3H2,1H3,(H,8,9)/t5-/m0/s1. The number of carbonyl (C=O) groups excluding carboxylic acids is 3. The van der Waals surface area contributed by atoms with E-state index in [0.29, 0.717) is 0 Å². The van der Waals surface area contributed by atoms with E-state index >= 15 is 0 Å². The Morgan fingerprint density at radius 1 is 1.36 bits per heavy atom. The van der Waals surface area contributed by atoms with E-state index in [4.69, 9.17) is 0 Å². The average molecular weight is 237 g/mol. The minimum absolute atomic E-state index is 0.0677. The summed E-state index contributed by atoms with van der Waals surface area (Å²) >= 11 is 7.46. The molecule has 1 N–H and O–H groups in total. The van der Waals surface area contributed by atoms with E-state index in [1.165, 1.54) is 6.92 Å². The summed E-state index contributed by atoms with van der Waals surface area (Å²) in [4.78, 5) is 32.4. The maximum Gasteiger partial charge on any atom is 0.337 e. The van der Waals surface area contributed by atoms with Crippen LogP contribution in [0.2, 0.25) is 0 Å². The predicted octanol–water partition coefficient (Wildman–Crippen LogP) is -0.580. The average Bonchev–Trinajstić information content (AvgIpc) is 2.13. The maximum absolute atomic E-state index is 11.1. The van der Waals surface area contributed by atoms with Gasteiger partial charge < -0.3 is 10.1 Å². The number of esters is 2. The van der Waals surface area contributed by atoms with E-state index < -0.39 is 18.0 Å². The lowest BCUT2D eigenvalue weighted by molar-refractivity contribution is -0.159. The summed E-state index contributed by atoms with van der Waals surface area (Å²) in [5.41, 5.74) is 0. The van der Waals surface area contributed by atoms with Gasteiger partial charge in [-0.25, -0.2) is 4.79 Å². The number of hydrogen-bond donors (Lipinski definition) is 3. The minimum Gasteiger partial charge on any atom is -0.391 e. The third kappa shape index (κ3) is 5.13. The molecule has 7 heteroatoms. The highest BCUT2D eigenvalue weighted by Crippen LogP contribution is 1.94. The van der Waals surface area contributed by atoms with Gasteiger partial charge in [0.1, 0.15) is 6.04 Å². The Morgan fingerprint density at radius 2 is 1.93 bits per heavy atom. The molecule has 0 saturated heterocycles. The van der Waals surface area contributed by atoms with Crippen molar-refractivity contribution in [1.82, 2.24) is 5.32 Å². The molecule has 1 amide bonds. The second kappa shape index (κ2) is 6.72. The molecule has 0 rings (SSSR count). The molecule has 0 aromatic heterocycles. The van der Waals surface area contributed by atoms with E-state index in [9.17, 15) is 14.4 Å². The van der Waals surface area contributed by atoms with Gasteiger partial charge in [0.25, 0.3) is 0 Å². The fraction of sp³-hybridized carbons (Fsp3) is 0.571. The molecule has 0 saturated carbocycles. The second-order valence-corrected chi connectivity index (χ2v) is 3.07. The Morgan fingerprint density at radius 3 is 2.29 bits per heavy atom. The Kier molecular flexibility index (Phi) is 6.39. The van der Waals surface area contributed by atoms with Gasteiger partial charge in [0.2, 0.25) is 5.91 Å². The van der Waals surface area contributed by atoms with Gasteiger partial charge in [-0.3, -0.25) is 9.59 Å². The molecule has 0 radical (unpaired) electrons. The lowest BCUT2D eigenvalue weighted by atomic mass is 10.3. The third-order valence-corrected chi connectivity index (χ3v) is 1.81. The zero-order valence-corrected chi connectivity index (χ0v) is 9.31. The molecule has 0 aromatic rings. The molecule has 0 aliphatic rings. The van der Waals surface area contributed by atoms with Gasteiger partial charge >= 0.3 is 11.9 Å². The lowest BCUT2D eigenvalue weighted by Gasteiger charge is -2.12. The van der Waals surface area contributed by atoms with Crippen molar-refractivity contribution in [3.63, 3.8) is 0 Å². The maximum atomic E-state index is 11.1. The van der Waals surface area contributed by atoms with Crippen molar-refractivity contribution in [1.29, 1.82) is 0 Å². The fourth-order valence-electron chi connectivity index (χ4n) is 0.640. The number of hydrogen-bond acceptors (Lipinski definition) is 6. The Labute approximate surface area is 92.4 Å². The van der Waals surface area contributed by atoms with Gasteiger partial charge in [0.15, 0.2) is 0 Å². The van der Waals surface area contributed by atoms with Crippen LogP contribution in [0.4, 0.5) is 0 Å². The first kappa shape index (κ1) is 13.3. The van der Waals surface area contributed by atoms with Crippen LogP contribution in [0.25, 0.3) is 0 Å². The zero-order chi connectivity index (χ0) is 11.1. The lowest BCUT2D eigenvalue weighted by Crippen LogP contribution is -2.43. The first-order valence-electron chi connectivity index (χ1n) is 3.74. The van der Waals surface area contributed by atoms with Gasteiger partial charge in [0.05, 0.1) is 5.75 Å². The topological polar surface area (TPSA) is 72.5 Å². The molecule has 14 heavy (non-hydrogen) atoms. The van der Waals surface area contributed by atoms with Crippen LogP contribution in [0.3, 0.4) is 0 Å². The number of nitrogens with one attached hydrogen (secondary N) is 1. The van der Waals surface area contributed by atoms with Crippen molar-refractivity contribution in [2.75, 3.05) is 11.5 Å². The molecule has 0 heterocycles. The van der Waals surface area contributed by atoms with E-state index in [1.54, 1.807) is 0 Å². The highest BCUT2D eigenvalue weighted by Gasteiger charge is 2.21. The smallest absolute Gasteiger partial charge is 0.337 e. The number of ether oxygens (including phenoxy) is 1. The van der Waals surface area contributed by atoms with Crippen LogP contribution >= 0.6 is 25.3 Å². The van der Waals surface area contributed by atoms with E-state index in [1.807, 2.05) is 0 Å². The summed E-state index contributed by atoms with van der Waals surface area (Å²) < 4.78 is 4.34. The largest absolute Gasteiger partial charge is 0.391 e. The molecule has 0 aromatic carbocycles. The molecule has 5 nitrogen and oxygen atoms in total. The summed E-state index contributed by atoms with van der Waals surface area (Å²) in [7, 11) is 0. The molecule has 1 atom stereocenters.